The summed E-state index contributed by atoms with van der Waals surface area (Å²) in [5.74, 6) is 6.35. The van der Waals surface area contributed by atoms with Gasteiger partial charge < -0.3 is 9.47 Å². The summed E-state index contributed by atoms with van der Waals surface area (Å²) in [5.41, 5.74) is 4.05. The molecular formula is C32H31FN2O4S. The van der Waals surface area contributed by atoms with Crippen LogP contribution >= 0.6 is 0 Å². The molecule has 0 atom stereocenters. The normalized spacial score (nSPS) is 11.3. The maximum absolute atomic E-state index is 14.9. The van der Waals surface area contributed by atoms with Crippen LogP contribution in [0.15, 0.2) is 79.0 Å². The highest BCUT2D eigenvalue weighted by Gasteiger charge is 2.22. The first-order valence-electron chi connectivity index (χ1n) is 12.6. The molecule has 0 spiro atoms. The molecular weight excluding hydrogens is 527 g/mol. The van der Waals surface area contributed by atoms with Gasteiger partial charge in [0.1, 0.15) is 18.2 Å². The van der Waals surface area contributed by atoms with E-state index in [0.29, 0.717) is 23.8 Å². The van der Waals surface area contributed by atoms with Crippen molar-refractivity contribution < 1.29 is 22.3 Å². The molecule has 1 aromatic heterocycles. The molecule has 0 amide bonds. The summed E-state index contributed by atoms with van der Waals surface area (Å²) in [6.07, 6.45) is 2.67. The van der Waals surface area contributed by atoms with E-state index in [1.54, 1.807) is 13.3 Å². The molecule has 8 heteroatoms. The second-order valence-corrected chi connectivity index (χ2v) is 12.1. The van der Waals surface area contributed by atoms with Gasteiger partial charge >= 0.3 is 0 Å². The maximum atomic E-state index is 14.9. The lowest BCUT2D eigenvalue weighted by molar-refractivity contribution is 0.306. The van der Waals surface area contributed by atoms with Crippen molar-refractivity contribution in [3.8, 4) is 34.6 Å². The Morgan fingerprint density at radius 3 is 2.30 bits per heavy atom. The first-order valence-corrected chi connectivity index (χ1v) is 14.5. The number of halogens is 1. The van der Waals surface area contributed by atoms with Gasteiger partial charge in [-0.2, -0.15) is 0 Å². The average Bonchev–Trinajstić information content (AvgIpc) is 2.90. The number of nitrogens with zero attached hydrogens (tertiary/aromatic N) is 1. The fourth-order valence-electron chi connectivity index (χ4n) is 4.03. The largest absolute Gasteiger partial charge is 0.487 e. The minimum absolute atomic E-state index is 0.120. The molecule has 0 aliphatic heterocycles. The monoisotopic (exact) mass is 558 g/mol. The van der Waals surface area contributed by atoms with Crippen LogP contribution in [0.5, 0.6) is 11.6 Å². The third-order valence-electron chi connectivity index (χ3n) is 6.04. The number of ether oxygens (including phenoxy) is 2. The Labute approximate surface area is 235 Å². The van der Waals surface area contributed by atoms with Crippen LogP contribution < -0.4 is 14.2 Å². The van der Waals surface area contributed by atoms with Gasteiger partial charge in [0.15, 0.2) is 0 Å². The lowest BCUT2D eigenvalue weighted by Crippen LogP contribution is -2.12. The highest BCUT2D eigenvalue weighted by atomic mass is 32.2. The predicted octanol–water partition coefficient (Wildman–Crippen LogP) is 6.54. The third kappa shape index (κ3) is 7.19. The van der Waals surface area contributed by atoms with Gasteiger partial charge in [-0.05, 0) is 59.0 Å². The van der Waals surface area contributed by atoms with Gasteiger partial charge in [0.05, 0.1) is 30.2 Å². The zero-order valence-corrected chi connectivity index (χ0v) is 23.9. The van der Waals surface area contributed by atoms with Gasteiger partial charge in [-0.15, -0.1) is 0 Å². The Morgan fingerprint density at radius 1 is 0.925 bits per heavy atom. The molecule has 0 radical (unpaired) electrons. The van der Waals surface area contributed by atoms with E-state index in [2.05, 4.69) is 48.4 Å². The minimum Gasteiger partial charge on any atom is -0.487 e. The fourth-order valence-corrected chi connectivity index (χ4v) is 4.58. The van der Waals surface area contributed by atoms with E-state index in [9.17, 15) is 12.8 Å². The summed E-state index contributed by atoms with van der Waals surface area (Å²) >= 11 is 0. The number of aromatic nitrogens is 1. The zero-order valence-electron chi connectivity index (χ0n) is 23.1. The van der Waals surface area contributed by atoms with E-state index in [1.807, 2.05) is 48.5 Å². The van der Waals surface area contributed by atoms with Crippen molar-refractivity contribution in [2.24, 2.45) is 0 Å². The molecule has 0 bridgehead atoms. The van der Waals surface area contributed by atoms with E-state index in [4.69, 9.17) is 9.47 Å². The molecule has 0 aliphatic rings. The quantitative estimate of drug-likeness (QED) is 0.261. The molecule has 1 N–H and O–H groups in total. The number of sulfonamides is 1. The van der Waals surface area contributed by atoms with Crippen LogP contribution in [0.1, 0.15) is 43.0 Å². The molecule has 0 fully saturated rings. The number of pyridine rings is 1. The lowest BCUT2D eigenvalue weighted by atomic mass is 9.83. The van der Waals surface area contributed by atoms with E-state index in [-0.39, 0.29) is 16.7 Å². The van der Waals surface area contributed by atoms with E-state index >= 15 is 0 Å². The van der Waals surface area contributed by atoms with E-state index in [0.717, 1.165) is 34.6 Å². The number of hydrogen-bond acceptors (Lipinski definition) is 5. The van der Waals surface area contributed by atoms with E-state index in [1.165, 1.54) is 12.1 Å². The van der Waals surface area contributed by atoms with Gasteiger partial charge in [-0.3, -0.25) is 4.72 Å². The van der Waals surface area contributed by atoms with Crippen molar-refractivity contribution in [2.45, 2.75) is 32.8 Å². The topological polar surface area (TPSA) is 77.5 Å². The minimum atomic E-state index is -3.54. The third-order valence-corrected chi connectivity index (χ3v) is 6.65. The average molecular weight is 559 g/mol. The SMILES string of the molecule is COc1ncccc1-c1cc(C(C)(C)C)cc(C#Cc2ccc(NS(C)(=O)=O)cc2F)c1OCc1ccccc1. The molecule has 4 rings (SSSR count). The molecule has 3 aromatic carbocycles. The van der Waals surface area contributed by atoms with Gasteiger partial charge in [0, 0.05) is 17.3 Å². The van der Waals surface area contributed by atoms with Gasteiger partial charge in [-0.25, -0.2) is 17.8 Å². The van der Waals surface area contributed by atoms with Gasteiger partial charge in [0.25, 0.3) is 0 Å². The second-order valence-electron chi connectivity index (χ2n) is 10.3. The fraction of sp³-hybridized carbons (Fsp3) is 0.219. The first kappa shape index (κ1) is 28.7. The van der Waals surface area contributed by atoms with Crippen molar-refractivity contribution in [1.29, 1.82) is 0 Å². The van der Waals surface area contributed by atoms with Crippen LogP contribution in [0.2, 0.25) is 0 Å². The number of nitrogens with one attached hydrogen (secondary N) is 1. The summed E-state index contributed by atoms with van der Waals surface area (Å²) in [6, 6.07) is 21.5. The summed E-state index contributed by atoms with van der Waals surface area (Å²) in [6.45, 7) is 6.59. The van der Waals surface area contributed by atoms with E-state index < -0.39 is 15.8 Å². The maximum Gasteiger partial charge on any atom is 0.229 e. The molecule has 40 heavy (non-hydrogen) atoms. The molecule has 0 saturated carbocycles. The number of anilines is 1. The highest BCUT2D eigenvalue weighted by Crippen LogP contribution is 2.41. The zero-order chi connectivity index (χ0) is 28.9. The number of methoxy groups -OCH3 is 1. The summed E-state index contributed by atoms with van der Waals surface area (Å²) in [7, 11) is -1.97. The predicted molar refractivity (Wildman–Crippen MR) is 157 cm³/mol. The molecule has 6 nitrogen and oxygen atoms in total. The summed E-state index contributed by atoms with van der Waals surface area (Å²) in [4.78, 5) is 4.38. The highest BCUT2D eigenvalue weighted by molar-refractivity contribution is 7.92. The molecule has 206 valence electrons. The lowest BCUT2D eigenvalue weighted by Gasteiger charge is -2.23. The molecule has 4 aromatic rings. The summed E-state index contributed by atoms with van der Waals surface area (Å²) < 4.78 is 52.2. The van der Waals surface area contributed by atoms with Crippen LogP contribution in [-0.2, 0) is 22.0 Å². The smallest absolute Gasteiger partial charge is 0.229 e. The standard InChI is InChI=1S/C32H31FN2O4S/c1-32(2,3)25-18-24(14-13-23-15-16-26(20-29(23)33)35-40(5,36)37)30(39-21-22-10-7-6-8-11-22)28(19-25)27-12-9-17-34-31(27)38-4/h6-12,15-20,35H,21H2,1-5H3. The summed E-state index contributed by atoms with van der Waals surface area (Å²) in [5, 5.41) is 0. The van der Waals surface area contributed by atoms with Crippen LogP contribution in [0.4, 0.5) is 10.1 Å². The van der Waals surface area contributed by atoms with Crippen molar-refractivity contribution in [1.82, 2.24) is 4.98 Å². The Morgan fingerprint density at radius 2 is 1.65 bits per heavy atom. The van der Waals surface area contributed by atoms with Crippen molar-refractivity contribution >= 4 is 15.7 Å². The van der Waals surface area contributed by atoms with Crippen molar-refractivity contribution in [2.75, 3.05) is 18.1 Å². The Bertz CT molecular complexity index is 1690. The number of benzene rings is 3. The van der Waals surface area contributed by atoms with Crippen LogP contribution in [0.3, 0.4) is 0 Å². The Hall–Kier alpha value is -4.35. The Kier molecular flexibility index (Phi) is 8.46. The van der Waals surface area contributed by atoms with Crippen LogP contribution in [-0.4, -0.2) is 26.8 Å². The number of hydrogen-bond donors (Lipinski definition) is 1. The second kappa shape index (κ2) is 11.8. The van der Waals surface area contributed by atoms with Crippen molar-refractivity contribution in [3.63, 3.8) is 0 Å². The Balaban J connectivity index is 1.89. The molecule has 0 saturated heterocycles. The first-order chi connectivity index (χ1) is 18.9. The molecule has 0 unspecified atom stereocenters. The van der Waals surface area contributed by atoms with Gasteiger partial charge in [-0.1, -0.05) is 62.9 Å². The molecule has 0 aliphatic carbocycles. The van der Waals surface area contributed by atoms with Crippen LogP contribution in [0, 0.1) is 17.7 Å². The molecule has 1 heterocycles. The van der Waals surface area contributed by atoms with Gasteiger partial charge in [0.2, 0.25) is 15.9 Å². The van der Waals surface area contributed by atoms with Crippen LogP contribution in [0.25, 0.3) is 11.1 Å². The number of rotatable bonds is 7. The van der Waals surface area contributed by atoms with Crippen molar-refractivity contribution in [3.05, 3.63) is 107 Å².